The molecule has 0 aliphatic heterocycles. The van der Waals surface area contributed by atoms with Crippen LogP contribution in [0.3, 0.4) is 0 Å². The molecule has 0 atom stereocenters. The minimum atomic E-state index is -0.392. The van der Waals surface area contributed by atoms with Gasteiger partial charge in [0.1, 0.15) is 11.5 Å². The highest BCUT2D eigenvalue weighted by Crippen LogP contribution is 2.22. The van der Waals surface area contributed by atoms with Gasteiger partial charge in [-0.1, -0.05) is 18.2 Å². The lowest BCUT2D eigenvalue weighted by atomic mass is 10.1. The van der Waals surface area contributed by atoms with Gasteiger partial charge in [-0.15, -0.1) is 0 Å². The summed E-state index contributed by atoms with van der Waals surface area (Å²) in [7, 11) is 1.54. The van der Waals surface area contributed by atoms with Gasteiger partial charge in [0.2, 0.25) is 0 Å². The predicted octanol–water partition coefficient (Wildman–Crippen LogP) is 3.17. The summed E-state index contributed by atoms with van der Waals surface area (Å²) in [5.41, 5.74) is 8.18. The van der Waals surface area contributed by atoms with Crippen molar-refractivity contribution >= 4 is 17.7 Å². The number of nitrogens with two attached hydrogens (primary N) is 1. The van der Waals surface area contributed by atoms with Gasteiger partial charge in [0.15, 0.2) is 0 Å². The van der Waals surface area contributed by atoms with Gasteiger partial charge in [-0.25, -0.2) is 4.79 Å². The first-order valence-electron chi connectivity index (χ1n) is 7.65. The minimum absolute atomic E-state index is 0.245. The largest absolute Gasteiger partial charge is 0.508 e. The maximum absolute atomic E-state index is 11.7. The molecule has 5 nitrogen and oxygen atoms in total. The van der Waals surface area contributed by atoms with E-state index in [9.17, 15) is 9.90 Å². The van der Waals surface area contributed by atoms with Crippen LogP contribution in [0.4, 0.5) is 5.69 Å². The Hall–Kier alpha value is -2.95. The molecule has 0 saturated heterocycles. The Morgan fingerprint density at radius 3 is 2.67 bits per heavy atom. The number of carbonyl (C=O) groups excluding carboxylic acids is 1. The van der Waals surface area contributed by atoms with Crippen LogP contribution < -0.4 is 10.5 Å². The Kier molecular flexibility index (Phi) is 6.25. The number of rotatable bonds is 7. The molecule has 0 aliphatic rings. The number of methoxy groups -OCH3 is 1. The molecule has 0 saturated carbocycles. The third-order valence-electron chi connectivity index (χ3n) is 3.46. The van der Waals surface area contributed by atoms with Crippen molar-refractivity contribution in [2.75, 3.05) is 19.5 Å². The minimum Gasteiger partial charge on any atom is -0.508 e. The molecule has 0 aromatic heterocycles. The Labute approximate surface area is 141 Å². The molecule has 2 rings (SSSR count). The van der Waals surface area contributed by atoms with Crippen LogP contribution in [-0.4, -0.2) is 24.8 Å². The normalized spacial score (nSPS) is 10.7. The van der Waals surface area contributed by atoms with Crippen molar-refractivity contribution in [3.63, 3.8) is 0 Å². The molecule has 3 N–H and O–H groups in total. The highest BCUT2D eigenvalue weighted by Gasteiger charge is 2.01. The third kappa shape index (κ3) is 5.35. The predicted molar refractivity (Wildman–Crippen MR) is 93.8 cm³/mol. The van der Waals surface area contributed by atoms with Crippen molar-refractivity contribution in [3.05, 3.63) is 59.7 Å². The van der Waals surface area contributed by atoms with E-state index in [4.69, 9.17) is 15.2 Å². The molecule has 2 aromatic carbocycles. The Bertz CT molecular complexity index is 708. The first-order chi connectivity index (χ1) is 11.6. The zero-order valence-corrected chi connectivity index (χ0v) is 13.6. The maximum Gasteiger partial charge on any atom is 0.330 e. The van der Waals surface area contributed by atoms with Crippen LogP contribution in [0.2, 0.25) is 0 Å². The molecule has 0 heterocycles. The third-order valence-corrected chi connectivity index (χ3v) is 3.46. The van der Waals surface area contributed by atoms with Crippen molar-refractivity contribution in [3.8, 4) is 11.5 Å². The number of aromatic hydroxyl groups is 1. The summed E-state index contributed by atoms with van der Waals surface area (Å²) >= 11 is 0. The monoisotopic (exact) mass is 327 g/mol. The number of phenolic OH excluding ortho intramolecular Hbond substituents is 1. The quantitative estimate of drug-likeness (QED) is 0.353. The zero-order valence-electron chi connectivity index (χ0n) is 13.6. The summed E-state index contributed by atoms with van der Waals surface area (Å²) in [4.78, 5) is 11.7. The molecule has 0 amide bonds. The Balaban J connectivity index is 1.75. The topological polar surface area (TPSA) is 81.8 Å². The van der Waals surface area contributed by atoms with Gasteiger partial charge in [0, 0.05) is 6.08 Å². The van der Waals surface area contributed by atoms with Crippen molar-refractivity contribution in [1.29, 1.82) is 0 Å². The number of esters is 1. The first-order valence-corrected chi connectivity index (χ1v) is 7.65. The molecule has 0 spiro atoms. The number of hydrogen-bond acceptors (Lipinski definition) is 5. The van der Waals surface area contributed by atoms with Gasteiger partial charge in [-0.3, -0.25) is 0 Å². The summed E-state index contributed by atoms with van der Waals surface area (Å²) < 4.78 is 10.3. The molecule has 0 bridgehead atoms. The van der Waals surface area contributed by atoms with Gasteiger partial charge < -0.3 is 20.3 Å². The van der Waals surface area contributed by atoms with E-state index in [0.717, 1.165) is 24.0 Å². The molecule has 24 heavy (non-hydrogen) atoms. The van der Waals surface area contributed by atoms with E-state index in [-0.39, 0.29) is 5.75 Å². The van der Waals surface area contributed by atoms with E-state index in [1.54, 1.807) is 43.5 Å². The van der Waals surface area contributed by atoms with Crippen LogP contribution in [0, 0.1) is 0 Å². The first kappa shape index (κ1) is 17.4. The van der Waals surface area contributed by atoms with Crippen molar-refractivity contribution < 1.29 is 19.4 Å². The number of hydrogen-bond donors (Lipinski definition) is 2. The molecular weight excluding hydrogens is 306 g/mol. The second-order valence-electron chi connectivity index (χ2n) is 5.27. The molecule has 126 valence electrons. The lowest BCUT2D eigenvalue weighted by Gasteiger charge is -2.05. The fourth-order valence-electron chi connectivity index (χ4n) is 2.16. The number of aryl methyl sites for hydroxylation is 1. The number of phenols is 1. The molecule has 0 aliphatic carbocycles. The van der Waals surface area contributed by atoms with Crippen molar-refractivity contribution in [2.45, 2.75) is 12.8 Å². The molecule has 0 unspecified atom stereocenters. The second-order valence-corrected chi connectivity index (χ2v) is 5.27. The fraction of sp³-hybridized carbons (Fsp3) is 0.211. The zero-order chi connectivity index (χ0) is 17.4. The maximum atomic E-state index is 11.7. The molecule has 0 fully saturated rings. The Morgan fingerprint density at radius 1 is 1.21 bits per heavy atom. The summed E-state index contributed by atoms with van der Waals surface area (Å²) in [5, 5.41) is 9.21. The number of ether oxygens (including phenoxy) is 2. The Morgan fingerprint density at radius 2 is 1.96 bits per heavy atom. The molecular formula is C19H21NO4. The van der Waals surface area contributed by atoms with Crippen LogP contribution >= 0.6 is 0 Å². The van der Waals surface area contributed by atoms with E-state index in [1.807, 2.05) is 12.1 Å². The average molecular weight is 327 g/mol. The van der Waals surface area contributed by atoms with E-state index >= 15 is 0 Å². The average Bonchev–Trinajstić information content (AvgIpc) is 2.59. The van der Waals surface area contributed by atoms with E-state index in [1.165, 1.54) is 6.08 Å². The van der Waals surface area contributed by atoms with Crippen LogP contribution in [0.15, 0.2) is 48.5 Å². The van der Waals surface area contributed by atoms with Gasteiger partial charge in [0.05, 0.1) is 19.4 Å². The summed E-state index contributed by atoms with van der Waals surface area (Å²) in [6.45, 7) is 0.342. The molecule has 5 heteroatoms. The highest BCUT2D eigenvalue weighted by molar-refractivity contribution is 5.87. The number of anilines is 1. The van der Waals surface area contributed by atoms with Crippen LogP contribution in [-0.2, 0) is 16.0 Å². The number of nitrogen functional groups attached to an aromatic ring is 1. The van der Waals surface area contributed by atoms with Crippen molar-refractivity contribution in [1.82, 2.24) is 0 Å². The van der Waals surface area contributed by atoms with Gasteiger partial charge in [0.25, 0.3) is 0 Å². The van der Waals surface area contributed by atoms with Crippen molar-refractivity contribution in [2.24, 2.45) is 0 Å². The molecule has 2 aromatic rings. The summed E-state index contributed by atoms with van der Waals surface area (Å²) in [6.07, 6.45) is 4.54. The summed E-state index contributed by atoms with van der Waals surface area (Å²) in [6, 6.07) is 12.3. The van der Waals surface area contributed by atoms with Crippen LogP contribution in [0.25, 0.3) is 6.08 Å². The number of carbonyl (C=O) groups is 1. The SMILES string of the molecule is COc1cc(/C=C\C(=O)OCCCc2ccc(O)cc2)ccc1N. The van der Waals surface area contributed by atoms with Crippen LogP contribution in [0.5, 0.6) is 11.5 Å². The van der Waals surface area contributed by atoms with E-state index in [2.05, 4.69) is 0 Å². The van der Waals surface area contributed by atoms with E-state index in [0.29, 0.717) is 18.0 Å². The lowest BCUT2D eigenvalue weighted by Crippen LogP contribution is -2.03. The highest BCUT2D eigenvalue weighted by atomic mass is 16.5. The number of benzene rings is 2. The smallest absolute Gasteiger partial charge is 0.330 e. The standard InChI is InChI=1S/C19H21NO4/c1-23-18-13-15(6-10-17(18)20)7-11-19(22)24-12-2-3-14-4-8-16(21)9-5-14/h4-11,13,21H,2-3,12,20H2,1H3/b11-7-. The van der Waals surface area contributed by atoms with Gasteiger partial charge in [-0.05, 0) is 54.3 Å². The fourth-order valence-corrected chi connectivity index (χ4v) is 2.16. The second kappa shape index (κ2) is 8.62. The molecule has 0 radical (unpaired) electrons. The van der Waals surface area contributed by atoms with E-state index < -0.39 is 5.97 Å². The van der Waals surface area contributed by atoms with Gasteiger partial charge >= 0.3 is 5.97 Å². The van der Waals surface area contributed by atoms with Gasteiger partial charge in [-0.2, -0.15) is 0 Å². The van der Waals surface area contributed by atoms with Crippen LogP contribution in [0.1, 0.15) is 17.5 Å². The lowest BCUT2D eigenvalue weighted by molar-refractivity contribution is -0.137. The summed E-state index contributed by atoms with van der Waals surface area (Å²) in [5.74, 6) is 0.422.